The second kappa shape index (κ2) is 8.90. The number of amides is 2. The molecule has 2 amide bonds. The van der Waals surface area contributed by atoms with E-state index in [0.29, 0.717) is 37.1 Å². The highest BCUT2D eigenvalue weighted by Crippen LogP contribution is 2.28. The molecule has 1 atom stereocenters. The summed E-state index contributed by atoms with van der Waals surface area (Å²) in [7, 11) is 0. The predicted octanol–water partition coefficient (Wildman–Crippen LogP) is 3.05. The third kappa shape index (κ3) is 4.31. The first kappa shape index (κ1) is 20.6. The van der Waals surface area contributed by atoms with Crippen LogP contribution >= 0.6 is 0 Å². The first-order chi connectivity index (χ1) is 14.0. The molecule has 0 aromatic heterocycles. The zero-order chi connectivity index (χ0) is 20.9. The fourth-order valence-electron chi connectivity index (χ4n) is 3.84. The number of carbonyl (C=O) groups is 3. The number of nitrogens with zero attached hydrogens (tertiary/aromatic N) is 1. The van der Waals surface area contributed by atoms with Crippen molar-refractivity contribution in [2.24, 2.45) is 5.92 Å². The molecule has 1 heterocycles. The Morgan fingerprint density at radius 2 is 1.55 bits per heavy atom. The summed E-state index contributed by atoms with van der Waals surface area (Å²) in [5.74, 6) is -1.70. The molecule has 152 valence electrons. The summed E-state index contributed by atoms with van der Waals surface area (Å²) in [6, 6.07) is 17.9. The smallest absolute Gasteiger partial charge is 0.334 e. The predicted molar refractivity (Wildman–Crippen MR) is 109 cm³/mol. The molecule has 2 aromatic rings. The molecule has 1 aliphatic rings. The van der Waals surface area contributed by atoms with Crippen molar-refractivity contribution in [3.8, 4) is 0 Å². The average Bonchev–Trinajstić information content (AvgIpc) is 2.78. The van der Waals surface area contributed by atoms with Crippen LogP contribution in [0.4, 0.5) is 0 Å². The van der Waals surface area contributed by atoms with Crippen LogP contribution in [0.25, 0.3) is 0 Å². The monoisotopic (exact) mass is 394 g/mol. The van der Waals surface area contributed by atoms with E-state index in [9.17, 15) is 19.5 Å². The minimum atomic E-state index is -1.45. The van der Waals surface area contributed by atoms with Crippen LogP contribution in [-0.4, -0.2) is 40.9 Å². The van der Waals surface area contributed by atoms with Gasteiger partial charge in [0.15, 0.2) is 5.54 Å². The standard InChI is InChI=1S/C23H26N2O4/c1-2-23(22(28)29,19-11-7-4-8-12-19)24-20(26)17-13-15-25(16-14-17)21(27)18-9-5-3-6-10-18/h3-12,17H,2,13-16H2,1H3,(H,24,26)(H,28,29). The number of hydrogen-bond acceptors (Lipinski definition) is 3. The average molecular weight is 394 g/mol. The van der Waals surface area contributed by atoms with Crippen LogP contribution in [0.3, 0.4) is 0 Å². The molecule has 3 rings (SSSR count). The topological polar surface area (TPSA) is 86.7 Å². The molecular weight excluding hydrogens is 368 g/mol. The molecule has 0 aliphatic carbocycles. The van der Waals surface area contributed by atoms with Gasteiger partial charge in [0.25, 0.3) is 5.91 Å². The summed E-state index contributed by atoms with van der Waals surface area (Å²) < 4.78 is 0. The molecular formula is C23H26N2O4. The van der Waals surface area contributed by atoms with Gasteiger partial charge in [-0.1, -0.05) is 55.5 Å². The van der Waals surface area contributed by atoms with Gasteiger partial charge < -0.3 is 15.3 Å². The summed E-state index contributed by atoms with van der Waals surface area (Å²) in [5, 5.41) is 12.7. The van der Waals surface area contributed by atoms with Gasteiger partial charge in [0.1, 0.15) is 0 Å². The van der Waals surface area contributed by atoms with Gasteiger partial charge >= 0.3 is 5.97 Å². The van der Waals surface area contributed by atoms with Gasteiger partial charge in [-0.05, 0) is 37.0 Å². The number of hydrogen-bond donors (Lipinski definition) is 2. The molecule has 0 radical (unpaired) electrons. The summed E-state index contributed by atoms with van der Waals surface area (Å²) in [6.45, 7) is 2.70. The molecule has 6 heteroatoms. The lowest BCUT2D eigenvalue weighted by molar-refractivity contribution is -0.149. The summed E-state index contributed by atoms with van der Waals surface area (Å²) in [5.41, 5.74) is -0.259. The minimum Gasteiger partial charge on any atom is -0.479 e. The summed E-state index contributed by atoms with van der Waals surface area (Å²) >= 11 is 0. The van der Waals surface area contributed by atoms with Crippen LogP contribution in [0, 0.1) is 5.92 Å². The van der Waals surface area contributed by atoms with Crippen molar-refractivity contribution in [3.05, 3.63) is 71.8 Å². The van der Waals surface area contributed by atoms with Crippen LogP contribution in [0.15, 0.2) is 60.7 Å². The van der Waals surface area contributed by atoms with Crippen LogP contribution in [0.2, 0.25) is 0 Å². The van der Waals surface area contributed by atoms with Crippen molar-refractivity contribution in [1.29, 1.82) is 0 Å². The largest absolute Gasteiger partial charge is 0.479 e. The van der Waals surface area contributed by atoms with E-state index in [1.807, 2.05) is 24.3 Å². The van der Waals surface area contributed by atoms with E-state index < -0.39 is 11.5 Å². The van der Waals surface area contributed by atoms with Crippen LogP contribution < -0.4 is 5.32 Å². The Balaban J connectivity index is 1.67. The van der Waals surface area contributed by atoms with Gasteiger partial charge in [-0.2, -0.15) is 0 Å². The zero-order valence-electron chi connectivity index (χ0n) is 16.5. The molecule has 0 bridgehead atoms. The Labute approximate surface area is 170 Å². The number of likely N-dealkylation sites (tertiary alicyclic amines) is 1. The normalized spacial score (nSPS) is 16.7. The molecule has 0 saturated carbocycles. The van der Waals surface area contributed by atoms with Gasteiger partial charge in [0.05, 0.1) is 0 Å². The highest BCUT2D eigenvalue weighted by atomic mass is 16.4. The first-order valence-electron chi connectivity index (χ1n) is 9.93. The fourth-order valence-corrected chi connectivity index (χ4v) is 3.84. The maximum atomic E-state index is 12.9. The number of carboxylic acid groups (broad SMARTS) is 1. The Bertz CT molecular complexity index is 861. The van der Waals surface area contributed by atoms with E-state index in [0.717, 1.165) is 0 Å². The van der Waals surface area contributed by atoms with Gasteiger partial charge in [-0.25, -0.2) is 4.79 Å². The number of aliphatic carboxylic acids is 1. The van der Waals surface area contributed by atoms with Gasteiger partial charge in [-0.15, -0.1) is 0 Å². The number of nitrogens with one attached hydrogen (secondary N) is 1. The van der Waals surface area contributed by atoms with Crippen molar-refractivity contribution in [1.82, 2.24) is 10.2 Å². The molecule has 1 saturated heterocycles. The van der Waals surface area contributed by atoms with E-state index in [1.165, 1.54) is 0 Å². The zero-order valence-corrected chi connectivity index (χ0v) is 16.5. The van der Waals surface area contributed by atoms with Crippen molar-refractivity contribution in [2.75, 3.05) is 13.1 Å². The maximum Gasteiger partial charge on any atom is 0.334 e. The van der Waals surface area contributed by atoms with E-state index in [4.69, 9.17) is 0 Å². The SMILES string of the molecule is CCC(NC(=O)C1CCN(C(=O)c2ccccc2)CC1)(C(=O)O)c1ccccc1. The molecule has 1 fully saturated rings. The Morgan fingerprint density at radius 1 is 1.00 bits per heavy atom. The number of carbonyl (C=O) groups excluding carboxylic acids is 2. The first-order valence-corrected chi connectivity index (χ1v) is 9.93. The molecule has 1 aliphatic heterocycles. The van der Waals surface area contributed by atoms with E-state index >= 15 is 0 Å². The Hall–Kier alpha value is -3.15. The quantitative estimate of drug-likeness (QED) is 0.788. The number of benzene rings is 2. The van der Waals surface area contributed by atoms with Crippen LogP contribution in [0.1, 0.15) is 42.1 Å². The second-order valence-corrected chi connectivity index (χ2v) is 7.35. The van der Waals surface area contributed by atoms with Crippen molar-refractivity contribution in [2.45, 2.75) is 31.7 Å². The number of carboxylic acids is 1. The molecule has 29 heavy (non-hydrogen) atoms. The molecule has 2 N–H and O–H groups in total. The number of piperidine rings is 1. The van der Waals surface area contributed by atoms with Crippen molar-refractivity contribution >= 4 is 17.8 Å². The van der Waals surface area contributed by atoms with Crippen LogP contribution in [0.5, 0.6) is 0 Å². The molecule has 6 nitrogen and oxygen atoms in total. The highest BCUT2D eigenvalue weighted by Gasteiger charge is 2.42. The number of rotatable bonds is 6. The highest BCUT2D eigenvalue weighted by molar-refractivity contribution is 5.94. The Morgan fingerprint density at radius 3 is 2.07 bits per heavy atom. The molecule has 2 aromatic carbocycles. The van der Waals surface area contributed by atoms with Crippen molar-refractivity contribution in [3.63, 3.8) is 0 Å². The third-order valence-corrected chi connectivity index (χ3v) is 5.67. The minimum absolute atomic E-state index is 0.0396. The summed E-state index contributed by atoms with van der Waals surface area (Å²) in [6.07, 6.45) is 1.26. The van der Waals surface area contributed by atoms with Gasteiger partial charge in [0.2, 0.25) is 5.91 Å². The lowest BCUT2D eigenvalue weighted by Gasteiger charge is -2.35. The van der Waals surface area contributed by atoms with Gasteiger partial charge in [-0.3, -0.25) is 9.59 Å². The van der Waals surface area contributed by atoms with Crippen molar-refractivity contribution < 1.29 is 19.5 Å². The fraction of sp³-hybridized carbons (Fsp3) is 0.348. The third-order valence-electron chi connectivity index (χ3n) is 5.67. The lowest BCUT2D eigenvalue weighted by Crippen LogP contribution is -2.54. The Kier molecular flexibility index (Phi) is 6.32. The molecule has 1 unspecified atom stereocenters. The van der Waals surface area contributed by atoms with E-state index in [-0.39, 0.29) is 24.2 Å². The van der Waals surface area contributed by atoms with Gasteiger partial charge in [0, 0.05) is 24.6 Å². The van der Waals surface area contributed by atoms with E-state index in [1.54, 1.807) is 48.2 Å². The lowest BCUT2D eigenvalue weighted by atomic mass is 9.85. The van der Waals surface area contributed by atoms with E-state index in [2.05, 4.69) is 5.32 Å². The molecule has 0 spiro atoms. The summed E-state index contributed by atoms with van der Waals surface area (Å²) in [4.78, 5) is 39.3. The second-order valence-electron chi connectivity index (χ2n) is 7.35. The maximum absolute atomic E-state index is 12.9. The van der Waals surface area contributed by atoms with Crippen LogP contribution in [-0.2, 0) is 15.1 Å².